The average Bonchev–Trinajstić information content (AvgIpc) is 3.57. The summed E-state index contributed by atoms with van der Waals surface area (Å²) in [6, 6.07) is 0. The molecule has 0 aliphatic heterocycles. The zero-order valence-electron chi connectivity index (χ0n) is 55.8. The summed E-state index contributed by atoms with van der Waals surface area (Å²) in [6.45, 7) is 11.7. The molecule has 0 aromatic heterocycles. The lowest BCUT2D eigenvalue weighted by Crippen LogP contribution is -2.30. The van der Waals surface area contributed by atoms with E-state index in [2.05, 4.69) is 48.5 Å². The molecular weight excluding hydrogens is 1140 g/mol. The fourth-order valence-electron chi connectivity index (χ4n) is 9.98. The molecule has 0 rings (SSSR count). The third-order valence-corrected chi connectivity index (χ3v) is 17.6. The molecule has 19 heteroatoms. The van der Waals surface area contributed by atoms with E-state index in [0.29, 0.717) is 31.6 Å². The summed E-state index contributed by atoms with van der Waals surface area (Å²) in [5, 5.41) is 10.5. The summed E-state index contributed by atoms with van der Waals surface area (Å²) in [5.74, 6) is 0.136. The van der Waals surface area contributed by atoms with Crippen LogP contribution >= 0.6 is 15.6 Å². The van der Waals surface area contributed by atoms with Gasteiger partial charge in [0.2, 0.25) is 0 Å². The lowest BCUT2D eigenvalue weighted by molar-refractivity contribution is -0.161. The molecule has 0 saturated heterocycles. The molecular formula is C67H130O17P2. The van der Waals surface area contributed by atoms with Gasteiger partial charge in [-0.3, -0.25) is 37.3 Å². The Morgan fingerprint density at radius 3 is 0.884 bits per heavy atom. The molecule has 6 atom stereocenters. The maximum Gasteiger partial charge on any atom is 0.472 e. The Morgan fingerprint density at radius 2 is 0.593 bits per heavy atom. The first kappa shape index (κ1) is 84.1. The second-order valence-corrected chi connectivity index (χ2v) is 28.3. The maximum atomic E-state index is 13.0. The molecule has 3 N–H and O–H groups in total. The minimum Gasteiger partial charge on any atom is -0.462 e. The van der Waals surface area contributed by atoms with Gasteiger partial charge in [0.25, 0.3) is 0 Å². The first-order valence-electron chi connectivity index (χ1n) is 34.9. The highest BCUT2D eigenvalue weighted by Gasteiger charge is 2.30. The van der Waals surface area contributed by atoms with Crippen LogP contribution in [0.2, 0.25) is 0 Å². The fraction of sp³-hybridized carbons (Fsp3) is 0.940. The van der Waals surface area contributed by atoms with Crippen LogP contribution in [0.5, 0.6) is 0 Å². The highest BCUT2D eigenvalue weighted by Crippen LogP contribution is 2.45. The van der Waals surface area contributed by atoms with Gasteiger partial charge in [0.1, 0.15) is 19.3 Å². The molecule has 0 radical (unpaired) electrons. The molecule has 0 aliphatic rings. The number of rotatable bonds is 65. The van der Waals surface area contributed by atoms with Crippen LogP contribution in [0.1, 0.15) is 331 Å². The fourth-order valence-corrected chi connectivity index (χ4v) is 11.6. The van der Waals surface area contributed by atoms with Crippen molar-refractivity contribution in [2.24, 2.45) is 17.8 Å². The number of phosphoric acid groups is 2. The van der Waals surface area contributed by atoms with Gasteiger partial charge in [-0.1, -0.05) is 280 Å². The van der Waals surface area contributed by atoms with Crippen LogP contribution in [0, 0.1) is 17.8 Å². The van der Waals surface area contributed by atoms with Gasteiger partial charge in [-0.25, -0.2) is 9.13 Å². The Labute approximate surface area is 524 Å². The first-order chi connectivity index (χ1) is 41.3. The normalized spacial score (nSPS) is 14.6. The van der Waals surface area contributed by atoms with Crippen molar-refractivity contribution >= 4 is 39.5 Å². The number of carbonyl (C=O) groups excluding carboxylic acids is 4. The number of ether oxygens (including phenoxy) is 4. The van der Waals surface area contributed by atoms with Crippen molar-refractivity contribution in [2.75, 3.05) is 39.6 Å². The molecule has 17 nitrogen and oxygen atoms in total. The van der Waals surface area contributed by atoms with Crippen molar-refractivity contribution < 1.29 is 80.2 Å². The van der Waals surface area contributed by atoms with Crippen molar-refractivity contribution in [2.45, 2.75) is 349 Å². The van der Waals surface area contributed by atoms with Crippen LogP contribution in [-0.4, -0.2) is 96.7 Å². The maximum absolute atomic E-state index is 13.0. The smallest absolute Gasteiger partial charge is 0.462 e. The summed E-state index contributed by atoms with van der Waals surface area (Å²) >= 11 is 0. The molecule has 0 aromatic rings. The summed E-state index contributed by atoms with van der Waals surface area (Å²) in [5.41, 5.74) is 0. The minimum absolute atomic E-state index is 0.101. The van der Waals surface area contributed by atoms with Crippen LogP contribution < -0.4 is 0 Å². The predicted molar refractivity (Wildman–Crippen MR) is 344 cm³/mol. The Balaban J connectivity index is 5.16. The standard InChI is InChI=1S/C67H130O17P2/c1-8-10-11-31-41-48-64(69)77-54-62(84-67(72)51-44-37-30-29-33-39-46-59(5)6)56-81-85(73,74)79-52-61(68)53-80-86(75,76)82-57-63(55-78-65(70)49-42-35-27-23-20-19-22-26-34-40-47-60(7)9-2)83-66(71)50-43-36-28-24-18-16-14-12-13-15-17-21-25-32-38-45-58(3)4/h58-63,68H,8-57H2,1-7H3,(H,73,74)(H,75,76)/t60?,61-,62+,63+/m0/s1. The van der Waals surface area contributed by atoms with Crippen molar-refractivity contribution in [1.29, 1.82) is 0 Å². The van der Waals surface area contributed by atoms with Gasteiger partial charge in [0.15, 0.2) is 12.2 Å². The van der Waals surface area contributed by atoms with Crippen molar-refractivity contribution in [1.82, 2.24) is 0 Å². The molecule has 0 bridgehead atoms. The van der Waals surface area contributed by atoms with Gasteiger partial charge < -0.3 is 33.8 Å². The van der Waals surface area contributed by atoms with Crippen LogP contribution in [0.3, 0.4) is 0 Å². The van der Waals surface area contributed by atoms with Gasteiger partial charge in [0.05, 0.1) is 26.4 Å². The van der Waals surface area contributed by atoms with Crippen molar-refractivity contribution in [3.05, 3.63) is 0 Å². The van der Waals surface area contributed by atoms with E-state index in [4.69, 9.17) is 37.0 Å². The molecule has 86 heavy (non-hydrogen) atoms. The molecule has 0 fully saturated rings. The van der Waals surface area contributed by atoms with Crippen molar-refractivity contribution in [3.8, 4) is 0 Å². The molecule has 0 aromatic carbocycles. The third-order valence-electron chi connectivity index (χ3n) is 15.7. The van der Waals surface area contributed by atoms with Gasteiger partial charge in [-0.15, -0.1) is 0 Å². The largest absolute Gasteiger partial charge is 0.472 e. The number of phosphoric ester groups is 2. The monoisotopic (exact) mass is 1270 g/mol. The number of carbonyl (C=O) groups is 4. The number of hydrogen-bond donors (Lipinski definition) is 3. The lowest BCUT2D eigenvalue weighted by atomic mass is 9.99. The van der Waals surface area contributed by atoms with Crippen LogP contribution in [0.4, 0.5) is 0 Å². The Hall–Kier alpha value is -1.94. The van der Waals surface area contributed by atoms with Crippen molar-refractivity contribution in [3.63, 3.8) is 0 Å². The van der Waals surface area contributed by atoms with E-state index >= 15 is 0 Å². The Kier molecular flexibility index (Phi) is 56.9. The second-order valence-electron chi connectivity index (χ2n) is 25.4. The lowest BCUT2D eigenvalue weighted by Gasteiger charge is -2.21. The Bertz CT molecular complexity index is 1700. The number of hydrogen-bond acceptors (Lipinski definition) is 15. The topological polar surface area (TPSA) is 237 Å². The van der Waals surface area contributed by atoms with E-state index in [1.54, 1.807) is 0 Å². The zero-order valence-corrected chi connectivity index (χ0v) is 57.6. The summed E-state index contributed by atoms with van der Waals surface area (Å²) < 4.78 is 67.9. The molecule has 0 amide bonds. The van der Waals surface area contributed by atoms with Gasteiger partial charge >= 0.3 is 39.5 Å². The highest BCUT2D eigenvalue weighted by atomic mass is 31.2. The average molecular weight is 1270 g/mol. The van der Waals surface area contributed by atoms with E-state index in [1.807, 2.05) is 0 Å². The summed E-state index contributed by atoms with van der Waals surface area (Å²) in [7, 11) is -9.88. The first-order valence-corrected chi connectivity index (χ1v) is 37.9. The summed E-state index contributed by atoms with van der Waals surface area (Å²) in [4.78, 5) is 72.1. The number of aliphatic hydroxyl groups excluding tert-OH is 1. The molecule has 510 valence electrons. The van der Waals surface area contributed by atoms with E-state index in [1.165, 1.54) is 135 Å². The third kappa shape index (κ3) is 59.7. The van der Waals surface area contributed by atoms with E-state index in [9.17, 15) is 43.2 Å². The van der Waals surface area contributed by atoms with E-state index < -0.39 is 97.5 Å². The molecule has 3 unspecified atom stereocenters. The number of unbranched alkanes of at least 4 members (excludes halogenated alkanes) is 32. The van der Waals surface area contributed by atoms with E-state index in [-0.39, 0.29) is 25.7 Å². The second kappa shape index (κ2) is 58.2. The molecule has 0 saturated carbocycles. The predicted octanol–water partition coefficient (Wildman–Crippen LogP) is 18.7. The van der Waals surface area contributed by atoms with Crippen LogP contribution in [-0.2, 0) is 65.4 Å². The molecule has 0 aliphatic carbocycles. The van der Waals surface area contributed by atoms with Gasteiger partial charge in [-0.05, 0) is 43.4 Å². The van der Waals surface area contributed by atoms with Crippen LogP contribution in [0.15, 0.2) is 0 Å². The SMILES string of the molecule is CCCCCCCC(=O)OC[C@H](COP(=O)(O)OC[C@H](O)COP(=O)(O)OC[C@@H](COC(=O)CCCCCCCCCCCCC(C)CC)OC(=O)CCCCCCCCCCCCCCCCCC(C)C)OC(=O)CCCCCCCCC(C)C. The Morgan fingerprint density at radius 1 is 0.337 bits per heavy atom. The molecule has 0 heterocycles. The highest BCUT2D eigenvalue weighted by molar-refractivity contribution is 7.47. The van der Waals surface area contributed by atoms with Gasteiger partial charge in [0, 0.05) is 25.7 Å². The number of esters is 4. The minimum atomic E-state index is -4.95. The zero-order chi connectivity index (χ0) is 63.8. The van der Waals surface area contributed by atoms with Crippen LogP contribution in [0.25, 0.3) is 0 Å². The quantitative estimate of drug-likeness (QED) is 0.0222. The van der Waals surface area contributed by atoms with Gasteiger partial charge in [-0.2, -0.15) is 0 Å². The summed E-state index contributed by atoms with van der Waals surface area (Å²) in [6.07, 6.45) is 40.8. The number of aliphatic hydroxyl groups is 1. The molecule has 0 spiro atoms. The van der Waals surface area contributed by atoms with E-state index in [0.717, 1.165) is 108 Å².